The van der Waals surface area contributed by atoms with Crippen molar-refractivity contribution >= 4 is 52.5 Å². The number of carbonyl (C=O) groups excluding carboxylic acids is 1. The van der Waals surface area contributed by atoms with E-state index in [-0.39, 0.29) is 21.5 Å². The number of benzene rings is 1. The molecule has 20 heavy (non-hydrogen) atoms. The third kappa shape index (κ3) is 3.55. The van der Waals surface area contributed by atoms with Crippen molar-refractivity contribution in [2.24, 2.45) is 0 Å². The summed E-state index contributed by atoms with van der Waals surface area (Å²) in [5.74, 6) is -0.502. The summed E-state index contributed by atoms with van der Waals surface area (Å²) in [6, 6.07) is 4.53. The van der Waals surface area contributed by atoms with E-state index in [2.05, 4.69) is 9.97 Å². The summed E-state index contributed by atoms with van der Waals surface area (Å²) in [6.07, 6.45) is 3.12. The number of rotatable bonds is 3. The molecule has 0 unspecified atom stereocenters. The Morgan fingerprint density at radius 2 is 2.05 bits per heavy atom. The largest absolute Gasteiger partial charge is 0.421 e. The summed E-state index contributed by atoms with van der Waals surface area (Å²) >= 11 is 18.9. The molecular weight excluding hydrogens is 343 g/mol. The van der Waals surface area contributed by atoms with Crippen LogP contribution in [0.25, 0.3) is 0 Å². The van der Waals surface area contributed by atoms with Crippen LogP contribution in [0.2, 0.25) is 15.2 Å². The minimum Gasteiger partial charge on any atom is -0.421 e. The lowest BCUT2D eigenvalue weighted by atomic mass is 10.3. The molecule has 0 amide bonds. The smallest absolute Gasteiger partial charge is 0.348 e. The highest BCUT2D eigenvalue weighted by atomic mass is 35.5. The summed E-state index contributed by atoms with van der Waals surface area (Å²) < 4.78 is 5.14. The lowest BCUT2D eigenvalue weighted by Crippen LogP contribution is -2.11. The molecule has 2 aromatic rings. The van der Waals surface area contributed by atoms with Crippen LogP contribution >= 0.6 is 46.6 Å². The second kappa shape index (κ2) is 6.63. The van der Waals surface area contributed by atoms with Gasteiger partial charge in [-0.25, -0.2) is 14.8 Å². The quantitative estimate of drug-likeness (QED) is 0.271. The first-order valence-electron chi connectivity index (χ1n) is 5.25. The summed E-state index contributed by atoms with van der Waals surface area (Å²) in [5, 5.41) is 1.17. The van der Waals surface area contributed by atoms with Crippen molar-refractivity contribution in [1.29, 1.82) is 0 Å². The zero-order valence-electron chi connectivity index (χ0n) is 10.1. The molecule has 1 aromatic heterocycles. The van der Waals surface area contributed by atoms with Gasteiger partial charge in [-0.2, -0.15) is 0 Å². The standard InChI is InChI=1S/C12H7Cl3N2O2S/c1-20-12-16-5-7(10(15)17-12)11(18)19-9-3-2-6(13)4-8(9)14/h2-5H,1H3. The van der Waals surface area contributed by atoms with Gasteiger partial charge in [0, 0.05) is 11.2 Å². The van der Waals surface area contributed by atoms with Gasteiger partial charge in [-0.05, 0) is 24.5 Å². The maximum atomic E-state index is 12.0. The number of thioether (sulfide) groups is 1. The summed E-state index contributed by atoms with van der Waals surface area (Å²) in [5.41, 5.74) is 0.0653. The Labute approximate surface area is 134 Å². The monoisotopic (exact) mass is 348 g/mol. The van der Waals surface area contributed by atoms with Crippen LogP contribution in [0.15, 0.2) is 29.6 Å². The first-order valence-corrected chi connectivity index (χ1v) is 7.61. The van der Waals surface area contributed by atoms with Gasteiger partial charge in [-0.3, -0.25) is 0 Å². The van der Waals surface area contributed by atoms with Gasteiger partial charge in [0.1, 0.15) is 16.5 Å². The fourth-order valence-corrected chi connectivity index (χ4v) is 2.34. The number of nitrogens with zero attached hydrogens (tertiary/aromatic N) is 2. The number of hydrogen-bond acceptors (Lipinski definition) is 5. The van der Waals surface area contributed by atoms with Crippen molar-refractivity contribution in [2.75, 3.05) is 6.26 Å². The Kier molecular flexibility index (Phi) is 5.10. The highest BCUT2D eigenvalue weighted by molar-refractivity contribution is 7.98. The van der Waals surface area contributed by atoms with E-state index in [9.17, 15) is 4.79 Å². The number of aromatic nitrogens is 2. The molecular formula is C12H7Cl3N2O2S. The molecule has 0 atom stereocenters. The zero-order valence-corrected chi connectivity index (χ0v) is 13.1. The molecule has 0 bridgehead atoms. The number of halogens is 3. The molecule has 2 rings (SSSR count). The van der Waals surface area contributed by atoms with Crippen molar-refractivity contribution in [2.45, 2.75) is 5.16 Å². The Morgan fingerprint density at radius 3 is 2.65 bits per heavy atom. The maximum Gasteiger partial charge on any atom is 0.348 e. The zero-order chi connectivity index (χ0) is 14.7. The number of carbonyl (C=O) groups is 1. The summed E-state index contributed by atoms with van der Waals surface area (Å²) in [4.78, 5) is 19.9. The van der Waals surface area contributed by atoms with Crippen molar-refractivity contribution < 1.29 is 9.53 Å². The van der Waals surface area contributed by atoms with E-state index < -0.39 is 5.97 Å². The molecule has 1 heterocycles. The molecule has 104 valence electrons. The van der Waals surface area contributed by atoms with Crippen LogP contribution in [0.3, 0.4) is 0 Å². The molecule has 0 radical (unpaired) electrons. The minimum atomic E-state index is -0.688. The van der Waals surface area contributed by atoms with E-state index in [0.717, 1.165) is 0 Å². The minimum absolute atomic E-state index is 0.0273. The van der Waals surface area contributed by atoms with Crippen molar-refractivity contribution in [1.82, 2.24) is 9.97 Å². The van der Waals surface area contributed by atoms with Crippen molar-refractivity contribution in [3.05, 3.63) is 45.2 Å². The van der Waals surface area contributed by atoms with E-state index in [1.807, 2.05) is 0 Å². The SMILES string of the molecule is CSc1ncc(C(=O)Oc2ccc(Cl)cc2Cl)c(Cl)n1. The van der Waals surface area contributed by atoms with E-state index in [1.165, 1.54) is 30.1 Å². The van der Waals surface area contributed by atoms with E-state index in [4.69, 9.17) is 39.5 Å². The van der Waals surface area contributed by atoms with Gasteiger partial charge in [0.25, 0.3) is 0 Å². The van der Waals surface area contributed by atoms with Crippen LogP contribution in [0.1, 0.15) is 10.4 Å². The number of hydrogen-bond donors (Lipinski definition) is 0. The second-order valence-electron chi connectivity index (χ2n) is 3.53. The summed E-state index contributed by atoms with van der Waals surface area (Å²) in [7, 11) is 0. The van der Waals surface area contributed by atoms with E-state index in [0.29, 0.717) is 10.2 Å². The Morgan fingerprint density at radius 1 is 1.30 bits per heavy atom. The molecule has 0 aliphatic heterocycles. The van der Waals surface area contributed by atoms with Gasteiger partial charge >= 0.3 is 5.97 Å². The average Bonchev–Trinajstić information content (AvgIpc) is 2.41. The molecule has 0 spiro atoms. The molecule has 0 saturated heterocycles. The normalized spacial score (nSPS) is 10.4. The molecule has 0 N–H and O–H groups in total. The highest BCUT2D eigenvalue weighted by Gasteiger charge is 2.17. The lowest BCUT2D eigenvalue weighted by Gasteiger charge is -2.07. The predicted octanol–water partition coefficient (Wildman–Crippen LogP) is 4.38. The van der Waals surface area contributed by atoms with Gasteiger partial charge in [0.2, 0.25) is 0 Å². The molecule has 0 aliphatic carbocycles. The third-order valence-electron chi connectivity index (χ3n) is 2.22. The van der Waals surface area contributed by atoms with Gasteiger partial charge in [0.15, 0.2) is 5.16 Å². The fraction of sp³-hybridized carbons (Fsp3) is 0.0833. The Hall–Kier alpha value is -1.01. The molecule has 4 nitrogen and oxygen atoms in total. The van der Waals surface area contributed by atoms with Crippen molar-refractivity contribution in [3.8, 4) is 5.75 Å². The van der Waals surface area contributed by atoms with Crippen LogP contribution in [-0.2, 0) is 0 Å². The third-order valence-corrected chi connectivity index (χ3v) is 3.60. The van der Waals surface area contributed by atoms with Gasteiger partial charge in [0.05, 0.1) is 5.02 Å². The van der Waals surface area contributed by atoms with Crippen LogP contribution in [0, 0.1) is 0 Å². The molecule has 8 heteroatoms. The predicted molar refractivity (Wildman–Crippen MR) is 80.2 cm³/mol. The maximum absolute atomic E-state index is 12.0. The Balaban J connectivity index is 2.24. The van der Waals surface area contributed by atoms with Gasteiger partial charge in [-0.1, -0.05) is 46.6 Å². The van der Waals surface area contributed by atoms with Crippen LogP contribution in [0.5, 0.6) is 5.75 Å². The Bertz CT molecular complexity index is 667. The molecule has 1 aromatic carbocycles. The lowest BCUT2D eigenvalue weighted by molar-refractivity contribution is 0.0734. The first-order chi connectivity index (χ1) is 9.51. The van der Waals surface area contributed by atoms with E-state index in [1.54, 1.807) is 12.3 Å². The second-order valence-corrected chi connectivity index (χ2v) is 5.50. The van der Waals surface area contributed by atoms with Crippen LogP contribution < -0.4 is 4.74 Å². The molecule has 0 fully saturated rings. The average molecular weight is 350 g/mol. The fourth-order valence-electron chi connectivity index (χ4n) is 1.29. The van der Waals surface area contributed by atoms with Crippen LogP contribution in [0.4, 0.5) is 0 Å². The topological polar surface area (TPSA) is 52.1 Å². The molecule has 0 aliphatic rings. The van der Waals surface area contributed by atoms with Crippen LogP contribution in [-0.4, -0.2) is 22.2 Å². The summed E-state index contributed by atoms with van der Waals surface area (Å²) in [6.45, 7) is 0. The number of esters is 1. The van der Waals surface area contributed by atoms with Gasteiger partial charge < -0.3 is 4.74 Å². The first kappa shape index (κ1) is 15.4. The van der Waals surface area contributed by atoms with Gasteiger partial charge in [-0.15, -0.1) is 0 Å². The number of ether oxygens (including phenoxy) is 1. The van der Waals surface area contributed by atoms with E-state index >= 15 is 0 Å². The van der Waals surface area contributed by atoms with Crippen molar-refractivity contribution in [3.63, 3.8) is 0 Å². The molecule has 0 saturated carbocycles. The highest BCUT2D eigenvalue weighted by Crippen LogP contribution is 2.28.